The van der Waals surface area contributed by atoms with Crippen molar-refractivity contribution in [2.75, 3.05) is 16.9 Å². The number of para-hydroxylation sites is 1. The predicted octanol–water partition coefficient (Wildman–Crippen LogP) is 0.965. The van der Waals surface area contributed by atoms with E-state index in [9.17, 15) is 4.79 Å². The molecular weight excluding hydrogens is 242 g/mol. The van der Waals surface area contributed by atoms with Crippen LogP contribution in [0.5, 0.6) is 0 Å². The van der Waals surface area contributed by atoms with Crippen LogP contribution in [0.4, 0.5) is 11.5 Å². The van der Waals surface area contributed by atoms with E-state index in [-0.39, 0.29) is 5.91 Å². The Morgan fingerprint density at radius 1 is 1.26 bits per heavy atom. The molecule has 6 heteroatoms. The minimum absolute atomic E-state index is 0.138. The SMILES string of the molecule is NNc1cnc(C(=O)N2CCc3ccccc32)cn1. The third kappa shape index (κ3) is 2.02. The van der Waals surface area contributed by atoms with Gasteiger partial charge in [-0.25, -0.2) is 15.8 Å². The van der Waals surface area contributed by atoms with E-state index in [4.69, 9.17) is 5.84 Å². The molecule has 0 atom stereocenters. The lowest BCUT2D eigenvalue weighted by atomic mass is 10.2. The molecule has 0 radical (unpaired) electrons. The van der Waals surface area contributed by atoms with Gasteiger partial charge in [-0.15, -0.1) is 0 Å². The molecule has 6 nitrogen and oxygen atoms in total. The number of rotatable bonds is 2. The van der Waals surface area contributed by atoms with Crippen molar-refractivity contribution in [1.29, 1.82) is 0 Å². The topological polar surface area (TPSA) is 84.1 Å². The van der Waals surface area contributed by atoms with Crippen LogP contribution >= 0.6 is 0 Å². The van der Waals surface area contributed by atoms with Crippen molar-refractivity contribution in [3.05, 3.63) is 47.9 Å². The largest absolute Gasteiger partial charge is 0.307 e. The molecule has 0 fully saturated rings. The summed E-state index contributed by atoms with van der Waals surface area (Å²) >= 11 is 0. The maximum absolute atomic E-state index is 12.4. The van der Waals surface area contributed by atoms with E-state index in [0.717, 1.165) is 12.1 Å². The summed E-state index contributed by atoms with van der Waals surface area (Å²) in [6.07, 6.45) is 3.74. The third-order valence-electron chi connectivity index (χ3n) is 3.15. The van der Waals surface area contributed by atoms with Crippen LogP contribution in [-0.2, 0) is 6.42 Å². The molecule has 0 bridgehead atoms. The summed E-state index contributed by atoms with van der Waals surface area (Å²) in [4.78, 5) is 22.2. The van der Waals surface area contributed by atoms with Crippen molar-refractivity contribution in [2.45, 2.75) is 6.42 Å². The molecule has 1 amide bonds. The lowest BCUT2D eigenvalue weighted by Crippen LogP contribution is -2.29. The zero-order valence-corrected chi connectivity index (χ0v) is 10.2. The highest BCUT2D eigenvalue weighted by molar-refractivity contribution is 6.05. The number of hydrogen-bond acceptors (Lipinski definition) is 5. The second kappa shape index (κ2) is 4.66. The Hall–Kier alpha value is -2.47. The molecule has 1 aliphatic heterocycles. The Morgan fingerprint density at radius 3 is 2.84 bits per heavy atom. The molecular formula is C13H13N5O. The van der Waals surface area contributed by atoms with Crippen LogP contribution in [0.2, 0.25) is 0 Å². The van der Waals surface area contributed by atoms with E-state index in [2.05, 4.69) is 15.4 Å². The summed E-state index contributed by atoms with van der Waals surface area (Å²) in [6, 6.07) is 7.89. The number of hydrogen-bond donors (Lipinski definition) is 2. The van der Waals surface area contributed by atoms with Gasteiger partial charge in [-0.1, -0.05) is 18.2 Å². The summed E-state index contributed by atoms with van der Waals surface area (Å²) in [6.45, 7) is 0.677. The van der Waals surface area contributed by atoms with E-state index < -0.39 is 0 Å². The highest BCUT2D eigenvalue weighted by atomic mass is 16.2. The van der Waals surface area contributed by atoms with Crippen molar-refractivity contribution in [2.24, 2.45) is 5.84 Å². The van der Waals surface area contributed by atoms with Crippen LogP contribution in [0.25, 0.3) is 0 Å². The molecule has 0 unspecified atom stereocenters. The zero-order valence-electron chi connectivity index (χ0n) is 10.2. The van der Waals surface area contributed by atoms with Gasteiger partial charge in [0.05, 0.1) is 12.4 Å². The van der Waals surface area contributed by atoms with Crippen molar-refractivity contribution >= 4 is 17.4 Å². The summed E-state index contributed by atoms with van der Waals surface area (Å²) in [5.41, 5.74) is 4.83. The van der Waals surface area contributed by atoms with Crippen molar-refractivity contribution < 1.29 is 4.79 Å². The Balaban J connectivity index is 1.89. The van der Waals surface area contributed by atoms with Gasteiger partial charge in [-0.05, 0) is 18.1 Å². The summed E-state index contributed by atoms with van der Waals surface area (Å²) in [5.74, 6) is 5.50. The van der Waals surface area contributed by atoms with Crippen LogP contribution < -0.4 is 16.2 Å². The third-order valence-corrected chi connectivity index (χ3v) is 3.15. The molecule has 1 aromatic heterocycles. The minimum atomic E-state index is -0.138. The highest BCUT2D eigenvalue weighted by Gasteiger charge is 2.25. The zero-order chi connectivity index (χ0) is 13.2. The Bertz CT molecular complexity index is 611. The van der Waals surface area contributed by atoms with Crippen molar-refractivity contribution in [3.63, 3.8) is 0 Å². The van der Waals surface area contributed by atoms with Crippen LogP contribution in [0.15, 0.2) is 36.7 Å². The van der Waals surface area contributed by atoms with Crippen molar-refractivity contribution in [3.8, 4) is 0 Å². The van der Waals surface area contributed by atoms with Gasteiger partial charge in [0.15, 0.2) is 5.82 Å². The molecule has 96 valence electrons. The number of anilines is 2. The summed E-state index contributed by atoms with van der Waals surface area (Å²) in [5, 5.41) is 0. The van der Waals surface area contributed by atoms with E-state index in [1.165, 1.54) is 18.0 Å². The van der Waals surface area contributed by atoms with E-state index >= 15 is 0 Å². The van der Waals surface area contributed by atoms with Crippen molar-refractivity contribution in [1.82, 2.24) is 9.97 Å². The van der Waals surface area contributed by atoms with Gasteiger partial charge < -0.3 is 10.3 Å². The first kappa shape index (κ1) is 11.6. The van der Waals surface area contributed by atoms with Gasteiger partial charge in [0.1, 0.15) is 5.69 Å². The van der Waals surface area contributed by atoms with Crippen LogP contribution in [0, 0.1) is 0 Å². The number of aromatic nitrogens is 2. The Morgan fingerprint density at radius 2 is 2.11 bits per heavy atom. The first-order valence-corrected chi connectivity index (χ1v) is 5.98. The molecule has 3 N–H and O–H groups in total. The number of amides is 1. The molecule has 3 rings (SSSR count). The molecule has 2 aromatic rings. The van der Waals surface area contributed by atoms with Crippen LogP contribution in [-0.4, -0.2) is 22.4 Å². The molecule has 2 heterocycles. The lowest BCUT2D eigenvalue weighted by molar-refractivity contribution is 0.0984. The van der Waals surface area contributed by atoms with Gasteiger partial charge in [-0.2, -0.15) is 0 Å². The smallest absolute Gasteiger partial charge is 0.278 e. The average Bonchev–Trinajstić information content (AvgIpc) is 2.90. The second-order valence-corrected chi connectivity index (χ2v) is 4.27. The minimum Gasteiger partial charge on any atom is -0.307 e. The second-order valence-electron chi connectivity index (χ2n) is 4.27. The fourth-order valence-electron chi connectivity index (χ4n) is 2.20. The number of nitrogens with one attached hydrogen (secondary N) is 1. The molecule has 1 aliphatic rings. The highest BCUT2D eigenvalue weighted by Crippen LogP contribution is 2.28. The molecule has 1 aromatic carbocycles. The van der Waals surface area contributed by atoms with Gasteiger partial charge >= 0.3 is 0 Å². The van der Waals surface area contributed by atoms with Gasteiger partial charge in [0.2, 0.25) is 0 Å². The number of nitrogens with zero attached hydrogens (tertiary/aromatic N) is 3. The molecule has 0 saturated carbocycles. The number of benzene rings is 1. The van der Waals surface area contributed by atoms with Crippen LogP contribution in [0.3, 0.4) is 0 Å². The lowest BCUT2D eigenvalue weighted by Gasteiger charge is -2.16. The molecule has 19 heavy (non-hydrogen) atoms. The first-order valence-electron chi connectivity index (χ1n) is 5.98. The number of nitrogens with two attached hydrogens (primary N) is 1. The predicted molar refractivity (Wildman–Crippen MR) is 71.7 cm³/mol. The monoisotopic (exact) mass is 255 g/mol. The molecule has 0 aliphatic carbocycles. The first-order chi connectivity index (χ1) is 9.29. The molecule has 0 saturated heterocycles. The number of nitrogen functional groups attached to an aromatic ring is 1. The fourth-order valence-corrected chi connectivity index (χ4v) is 2.20. The average molecular weight is 255 g/mol. The number of carbonyl (C=O) groups is 1. The maximum Gasteiger partial charge on any atom is 0.278 e. The van der Waals surface area contributed by atoms with Crippen LogP contribution in [0.1, 0.15) is 16.1 Å². The Labute approximate surface area is 110 Å². The standard InChI is InChI=1S/C13H13N5O/c14-17-12-8-15-10(7-16-12)13(19)18-6-5-9-3-1-2-4-11(9)18/h1-4,7-8H,5-6,14H2,(H,16,17). The Kier molecular flexibility index (Phi) is 2.85. The van der Waals surface area contributed by atoms with Gasteiger partial charge in [-0.3, -0.25) is 4.79 Å². The normalized spacial score (nSPS) is 13.2. The van der Waals surface area contributed by atoms with E-state index in [1.54, 1.807) is 4.90 Å². The number of carbonyl (C=O) groups excluding carboxylic acids is 1. The van der Waals surface area contributed by atoms with E-state index in [1.807, 2.05) is 24.3 Å². The maximum atomic E-state index is 12.4. The summed E-state index contributed by atoms with van der Waals surface area (Å²) in [7, 11) is 0. The molecule has 0 spiro atoms. The number of fused-ring (bicyclic) bond motifs is 1. The number of hydrazine groups is 1. The van der Waals surface area contributed by atoms with Gasteiger partial charge in [0.25, 0.3) is 5.91 Å². The van der Waals surface area contributed by atoms with E-state index in [0.29, 0.717) is 18.1 Å². The fraction of sp³-hybridized carbons (Fsp3) is 0.154. The quantitative estimate of drug-likeness (QED) is 0.617. The van der Waals surface area contributed by atoms with Gasteiger partial charge in [0, 0.05) is 12.2 Å². The summed E-state index contributed by atoms with van der Waals surface area (Å²) < 4.78 is 0.